The molecule has 4 nitrogen and oxygen atoms in total. The number of hydrogen-bond acceptors (Lipinski definition) is 4. The summed E-state index contributed by atoms with van der Waals surface area (Å²) >= 11 is 0. The lowest BCUT2D eigenvalue weighted by atomic mass is 9.88. The normalized spacial score (nSPS) is 16.1. The van der Waals surface area contributed by atoms with Gasteiger partial charge in [-0.3, -0.25) is 0 Å². The number of aryl methyl sites for hydroxylation is 1. The molecule has 28 heavy (non-hydrogen) atoms. The van der Waals surface area contributed by atoms with E-state index in [1.807, 2.05) is 0 Å². The smallest absolute Gasteiger partial charge is 0.157 e. The first kappa shape index (κ1) is 20.7. The molecule has 0 saturated carbocycles. The van der Waals surface area contributed by atoms with Crippen LogP contribution in [0.2, 0.25) is 0 Å². The second-order valence-corrected chi connectivity index (χ2v) is 7.90. The van der Waals surface area contributed by atoms with E-state index < -0.39 is 0 Å². The zero-order valence-electron chi connectivity index (χ0n) is 16.8. The first-order valence-electron chi connectivity index (χ1n) is 10.7. The molecule has 0 fully saturated rings. The standard InChI is InChI=1S/C24H34N2O2/c27-23-17-20-10-11-22(16-21(20)18-24(23)28)26-14-7-2-1-6-13-25-15-12-19-8-4-3-5-9-19/h3-5,8-9,17-18,22,25-28H,1-2,6-7,10-16H2. The van der Waals surface area contributed by atoms with Crippen LogP contribution < -0.4 is 10.6 Å². The maximum absolute atomic E-state index is 9.69. The van der Waals surface area contributed by atoms with Crippen LogP contribution in [0.3, 0.4) is 0 Å². The van der Waals surface area contributed by atoms with Gasteiger partial charge < -0.3 is 20.8 Å². The molecule has 1 aliphatic rings. The molecule has 4 N–H and O–H groups in total. The van der Waals surface area contributed by atoms with Crippen LogP contribution in [0.1, 0.15) is 48.8 Å². The van der Waals surface area contributed by atoms with Crippen LogP contribution in [0.25, 0.3) is 0 Å². The second kappa shape index (κ2) is 11.1. The summed E-state index contributed by atoms with van der Waals surface area (Å²) in [6.45, 7) is 3.23. The minimum atomic E-state index is -0.00298. The van der Waals surface area contributed by atoms with Gasteiger partial charge in [-0.15, -0.1) is 0 Å². The average Bonchev–Trinajstić information content (AvgIpc) is 2.71. The first-order chi connectivity index (χ1) is 13.7. The molecule has 0 heterocycles. The highest BCUT2D eigenvalue weighted by atomic mass is 16.3. The SMILES string of the molecule is Oc1cc2c(cc1O)CC(NCCCCCCNCCc1ccccc1)CC2. The molecule has 0 aromatic heterocycles. The van der Waals surface area contributed by atoms with E-state index in [4.69, 9.17) is 0 Å². The van der Waals surface area contributed by atoms with Crippen LogP contribution in [-0.4, -0.2) is 35.9 Å². The first-order valence-corrected chi connectivity index (χ1v) is 10.7. The van der Waals surface area contributed by atoms with Crippen molar-refractivity contribution >= 4 is 0 Å². The third kappa shape index (κ3) is 6.54. The molecule has 0 aliphatic heterocycles. The Kier molecular flexibility index (Phi) is 8.19. The highest BCUT2D eigenvalue weighted by Gasteiger charge is 2.19. The number of fused-ring (bicyclic) bond motifs is 1. The highest BCUT2D eigenvalue weighted by Crippen LogP contribution is 2.32. The van der Waals surface area contributed by atoms with Gasteiger partial charge in [-0.05, 0) is 87.0 Å². The lowest BCUT2D eigenvalue weighted by Crippen LogP contribution is -2.35. The zero-order chi connectivity index (χ0) is 19.6. The molecule has 0 spiro atoms. The topological polar surface area (TPSA) is 64.5 Å². The fraction of sp³-hybridized carbons (Fsp3) is 0.500. The number of nitrogens with one attached hydrogen (secondary N) is 2. The monoisotopic (exact) mass is 382 g/mol. The van der Waals surface area contributed by atoms with Crippen molar-refractivity contribution in [3.63, 3.8) is 0 Å². The van der Waals surface area contributed by atoms with Crippen LogP contribution in [0.4, 0.5) is 0 Å². The van der Waals surface area contributed by atoms with E-state index in [9.17, 15) is 10.2 Å². The third-order valence-electron chi connectivity index (χ3n) is 5.67. The fourth-order valence-corrected chi connectivity index (χ4v) is 3.99. The van der Waals surface area contributed by atoms with Gasteiger partial charge in [-0.2, -0.15) is 0 Å². The van der Waals surface area contributed by atoms with Crippen LogP contribution >= 0.6 is 0 Å². The van der Waals surface area contributed by atoms with Crippen LogP contribution in [-0.2, 0) is 19.3 Å². The van der Waals surface area contributed by atoms with Crippen LogP contribution in [0, 0.1) is 0 Å². The Hall–Kier alpha value is -2.04. The molecule has 152 valence electrons. The molecular formula is C24H34N2O2. The summed E-state index contributed by atoms with van der Waals surface area (Å²) in [4.78, 5) is 0. The van der Waals surface area contributed by atoms with Crippen LogP contribution in [0.5, 0.6) is 11.5 Å². The quantitative estimate of drug-likeness (QED) is 0.351. The summed E-state index contributed by atoms with van der Waals surface area (Å²) in [7, 11) is 0. The summed E-state index contributed by atoms with van der Waals surface area (Å²) in [6.07, 6.45) is 9.12. The molecule has 1 unspecified atom stereocenters. The van der Waals surface area contributed by atoms with E-state index in [0.29, 0.717) is 6.04 Å². The number of hydrogen-bond donors (Lipinski definition) is 4. The minimum absolute atomic E-state index is 0.000264. The number of phenolic OH excluding ortho intramolecular Hbond substituents is 2. The molecule has 0 amide bonds. The van der Waals surface area contributed by atoms with E-state index >= 15 is 0 Å². The van der Waals surface area contributed by atoms with E-state index in [0.717, 1.165) is 45.3 Å². The van der Waals surface area contributed by atoms with Crippen molar-refractivity contribution in [1.29, 1.82) is 0 Å². The number of aromatic hydroxyl groups is 2. The van der Waals surface area contributed by atoms with Crippen LogP contribution in [0.15, 0.2) is 42.5 Å². The second-order valence-electron chi connectivity index (χ2n) is 7.90. The lowest BCUT2D eigenvalue weighted by molar-refractivity contribution is 0.397. The summed E-state index contributed by atoms with van der Waals surface area (Å²) in [6, 6.07) is 14.6. The van der Waals surface area contributed by atoms with Crippen molar-refractivity contribution in [2.75, 3.05) is 19.6 Å². The lowest BCUT2D eigenvalue weighted by Gasteiger charge is -2.26. The van der Waals surface area contributed by atoms with Gasteiger partial charge in [0.1, 0.15) is 0 Å². The molecule has 4 heteroatoms. The van der Waals surface area contributed by atoms with Crippen molar-refractivity contribution in [3.05, 3.63) is 59.2 Å². The summed E-state index contributed by atoms with van der Waals surface area (Å²) in [5, 5.41) is 26.5. The Morgan fingerprint density at radius 1 is 0.821 bits per heavy atom. The highest BCUT2D eigenvalue weighted by molar-refractivity contribution is 5.46. The van der Waals surface area contributed by atoms with E-state index in [-0.39, 0.29) is 11.5 Å². The number of rotatable bonds is 11. The van der Waals surface area contributed by atoms with Gasteiger partial charge >= 0.3 is 0 Å². The van der Waals surface area contributed by atoms with Crippen molar-refractivity contribution in [2.24, 2.45) is 0 Å². The van der Waals surface area contributed by atoms with Gasteiger partial charge in [-0.25, -0.2) is 0 Å². The van der Waals surface area contributed by atoms with E-state index in [2.05, 4.69) is 41.0 Å². The molecule has 2 aromatic rings. The van der Waals surface area contributed by atoms with Crippen molar-refractivity contribution in [3.8, 4) is 11.5 Å². The van der Waals surface area contributed by atoms with Gasteiger partial charge in [0.05, 0.1) is 0 Å². The van der Waals surface area contributed by atoms with Crippen molar-refractivity contribution in [2.45, 2.75) is 57.4 Å². The molecule has 2 aromatic carbocycles. The van der Waals surface area contributed by atoms with Gasteiger partial charge in [0, 0.05) is 6.04 Å². The molecule has 0 radical (unpaired) electrons. The van der Waals surface area contributed by atoms with E-state index in [1.54, 1.807) is 12.1 Å². The Morgan fingerprint density at radius 2 is 1.54 bits per heavy atom. The maximum Gasteiger partial charge on any atom is 0.157 e. The van der Waals surface area contributed by atoms with Gasteiger partial charge in [-0.1, -0.05) is 43.2 Å². The third-order valence-corrected chi connectivity index (χ3v) is 5.67. The molecule has 0 saturated heterocycles. The Morgan fingerprint density at radius 3 is 2.32 bits per heavy atom. The Labute approximate surface area is 169 Å². The maximum atomic E-state index is 9.69. The van der Waals surface area contributed by atoms with Gasteiger partial charge in [0.25, 0.3) is 0 Å². The number of unbranched alkanes of at least 4 members (excludes halogenated alkanes) is 3. The molecule has 1 atom stereocenters. The number of phenols is 2. The minimum Gasteiger partial charge on any atom is -0.504 e. The molecule has 3 rings (SSSR count). The average molecular weight is 383 g/mol. The predicted octanol–water partition coefficient (Wildman–Crippen LogP) is 3.94. The van der Waals surface area contributed by atoms with E-state index in [1.165, 1.54) is 42.4 Å². The Balaban J connectivity index is 1.19. The summed E-state index contributed by atoms with van der Waals surface area (Å²) in [5.41, 5.74) is 3.74. The fourth-order valence-electron chi connectivity index (χ4n) is 3.99. The largest absolute Gasteiger partial charge is 0.504 e. The van der Waals surface area contributed by atoms with Crippen molar-refractivity contribution < 1.29 is 10.2 Å². The molecular weight excluding hydrogens is 348 g/mol. The molecule has 0 bridgehead atoms. The predicted molar refractivity (Wildman–Crippen MR) is 115 cm³/mol. The molecule has 1 aliphatic carbocycles. The van der Waals surface area contributed by atoms with Crippen molar-refractivity contribution in [1.82, 2.24) is 10.6 Å². The number of benzene rings is 2. The van der Waals surface area contributed by atoms with Gasteiger partial charge in [0.2, 0.25) is 0 Å². The summed E-state index contributed by atoms with van der Waals surface area (Å²) in [5.74, 6) is -0.00325. The van der Waals surface area contributed by atoms with Gasteiger partial charge in [0.15, 0.2) is 11.5 Å². The summed E-state index contributed by atoms with van der Waals surface area (Å²) < 4.78 is 0. The Bertz CT molecular complexity index is 718. The zero-order valence-corrected chi connectivity index (χ0v) is 16.8.